The number of hydrogen-bond acceptors (Lipinski definition) is 3. The largest absolute Gasteiger partial charge is 0.483 e. The molecule has 0 saturated heterocycles. The molecular weight excluding hydrogens is 357 g/mol. The van der Waals surface area contributed by atoms with E-state index in [1.165, 1.54) is 18.3 Å². The lowest BCUT2D eigenvalue weighted by molar-refractivity contribution is -0.153. The van der Waals surface area contributed by atoms with Crippen LogP contribution in [0.3, 0.4) is 0 Å². The van der Waals surface area contributed by atoms with Gasteiger partial charge in [-0.05, 0) is 43.7 Å². The van der Waals surface area contributed by atoms with Crippen LogP contribution in [0.5, 0.6) is 5.75 Å². The summed E-state index contributed by atoms with van der Waals surface area (Å²) in [6.45, 7) is 2.17. The molecule has 1 N–H and O–H groups in total. The van der Waals surface area contributed by atoms with E-state index in [1.54, 1.807) is 25.1 Å². The first-order valence-electron chi connectivity index (χ1n) is 7.38. The van der Waals surface area contributed by atoms with Crippen LogP contribution >= 0.6 is 11.6 Å². The molecule has 0 aliphatic rings. The molecule has 2 rings (SSSR count). The van der Waals surface area contributed by atoms with Gasteiger partial charge in [0, 0.05) is 10.6 Å². The van der Waals surface area contributed by atoms with E-state index >= 15 is 0 Å². The lowest BCUT2D eigenvalue weighted by Gasteiger charge is -2.15. The van der Waals surface area contributed by atoms with Crippen molar-refractivity contribution in [3.8, 4) is 5.75 Å². The summed E-state index contributed by atoms with van der Waals surface area (Å²) < 4.78 is 40.9. The Morgan fingerprint density at radius 2 is 2.04 bits per heavy atom. The molecule has 1 atom stereocenters. The minimum atomic E-state index is -4.41. The fourth-order valence-corrected chi connectivity index (χ4v) is 2.17. The molecule has 0 spiro atoms. The fraction of sp³-hybridized carbons (Fsp3) is 0.294. The number of amides is 1. The van der Waals surface area contributed by atoms with Gasteiger partial charge in [-0.25, -0.2) is 0 Å². The Bertz CT molecular complexity index is 749. The number of pyridine rings is 1. The molecule has 1 amide bonds. The monoisotopic (exact) mass is 372 g/mol. The van der Waals surface area contributed by atoms with Crippen molar-refractivity contribution in [2.45, 2.75) is 26.1 Å². The Hall–Kier alpha value is -2.28. The van der Waals surface area contributed by atoms with E-state index in [1.807, 2.05) is 6.92 Å². The van der Waals surface area contributed by atoms with Crippen LogP contribution in [0.2, 0.25) is 5.02 Å². The Morgan fingerprint density at radius 1 is 1.32 bits per heavy atom. The molecule has 1 aromatic heterocycles. The summed E-state index contributed by atoms with van der Waals surface area (Å²) in [4.78, 5) is 16.2. The molecule has 134 valence electrons. The van der Waals surface area contributed by atoms with Crippen molar-refractivity contribution in [3.63, 3.8) is 0 Å². The van der Waals surface area contributed by atoms with Gasteiger partial charge in [-0.2, -0.15) is 13.2 Å². The minimum absolute atomic E-state index is 0.00455. The number of halogens is 4. The van der Waals surface area contributed by atoms with Crippen molar-refractivity contribution < 1.29 is 22.7 Å². The molecule has 4 nitrogen and oxygen atoms in total. The molecule has 8 heteroatoms. The maximum absolute atomic E-state index is 12.2. The third kappa shape index (κ3) is 5.63. The number of ether oxygens (including phenoxy) is 1. The number of aryl methyl sites for hydroxylation is 1. The lowest BCUT2D eigenvalue weighted by atomic mass is 10.1. The number of nitrogens with one attached hydrogen (secondary N) is 1. The standard InChI is InChI=1S/C17H16ClF3N2O2/c1-10-3-4-12(7-14(10)18)16(24)23-11(2)15-6-5-13(8-22-15)25-9-17(19,20)21/h3-8,11H,9H2,1-2H3,(H,23,24)/t11-/m1/s1. The summed E-state index contributed by atoms with van der Waals surface area (Å²) in [5, 5.41) is 3.24. The highest BCUT2D eigenvalue weighted by atomic mass is 35.5. The van der Waals surface area contributed by atoms with Gasteiger partial charge in [0.25, 0.3) is 5.91 Å². The van der Waals surface area contributed by atoms with Crippen molar-refractivity contribution in [2.24, 2.45) is 0 Å². The predicted octanol–water partition coefficient (Wildman–Crippen LogP) is 4.48. The number of aromatic nitrogens is 1. The molecule has 0 fully saturated rings. The van der Waals surface area contributed by atoms with Crippen LogP contribution in [0.4, 0.5) is 13.2 Å². The normalized spacial score (nSPS) is 12.6. The van der Waals surface area contributed by atoms with E-state index in [0.717, 1.165) is 5.56 Å². The minimum Gasteiger partial charge on any atom is -0.483 e. The highest BCUT2D eigenvalue weighted by Gasteiger charge is 2.28. The van der Waals surface area contributed by atoms with E-state index in [9.17, 15) is 18.0 Å². The van der Waals surface area contributed by atoms with E-state index in [2.05, 4.69) is 15.0 Å². The zero-order chi connectivity index (χ0) is 18.6. The van der Waals surface area contributed by atoms with E-state index < -0.39 is 18.8 Å². The number of carbonyl (C=O) groups excluding carboxylic acids is 1. The fourth-order valence-electron chi connectivity index (χ4n) is 1.99. The maximum atomic E-state index is 12.2. The second kappa shape index (κ2) is 7.74. The Balaban J connectivity index is 1.99. The van der Waals surface area contributed by atoms with Crippen LogP contribution < -0.4 is 10.1 Å². The maximum Gasteiger partial charge on any atom is 0.422 e. The lowest BCUT2D eigenvalue weighted by Crippen LogP contribution is -2.27. The molecule has 0 saturated carbocycles. The summed E-state index contributed by atoms with van der Waals surface area (Å²) >= 11 is 6.00. The molecule has 25 heavy (non-hydrogen) atoms. The smallest absolute Gasteiger partial charge is 0.422 e. The van der Waals surface area contributed by atoms with E-state index in [4.69, 9.17) is 11.6 Å². The Morgan fingerprint density at radius 3 is 2.60 bits per heavy atom. The second-order valence-electron chi connectivity index (χ2n) is 5.48. The SMILES string of the molecule is Cc1ccc(C(=O)N[C@H](C)c2ccc(OCC(F)(F)F)cn2)cc1Cl. The van der Waals surface area contributed by atoms with Crippen molar-refractivity contribution in [1.82, 2.24) is 10.3 Å². The highest BCUT2D eigenvalue weighted by molar-refractivity contribution is 6.31. The van der Waals surface area contributed by atoms with Crippen LogP contribution in [-0.2, 0) is 0 Å². The average molecular weight is 373 g/mol. The van der Waals surface area contributed by atoms with Gasteiger partial charge in [0.2, 0.25) is 0 Å². The third-order valence-corrected chi connectivity index (χ3v) is 3.79. The number of carbonyl (C=O) groups is 1. The quantitative estimate of drug-likeness (QED) is 0.842. The molecule has 0 aliphatic heterocycles. The third-order valence-electron chi connectivity index (χ3n) is 3.39. The molecule has 0 bridgehead atoms. The average Bonchev–Trinajstić information content (AvgIpc) is 2.55. The second-order valence-corrected chi connectivity index (χ2v) is 5.89. The van der Waals surface area contributed by atoms with Gasteiger partial charge in [-0.1, -0.05) is 17.7 Å². The molecule has 1 heterocycles. The molecule has 0 aliphatic carbocycles. The number of benzene rings is 1. The number of nitrogens with zero attached hydrogens (tertiary/aromatic N) is 1. The first-order valence-corrected chi connectivity index (χ1v) is 7.76. The van der Waals surface area contributed by atoms with Gasteiger partial charge in [0.15, 0.2) is 6.61 Å². The van der Waals surface area contributed by atoms with Crippen LogP contribution in [-0.4, -0.2) is 23.7 Å². The van der Waals surface area contributed by atoms with Crippen molar-refractivity contribution in [3.05, 3.63) is 58.4 Å². The summed E-state index contributed by atoms with van der Waals surface area (Å²) in [5.41, 5.74) is 1.76. The molecule has 0 unspecified atom stereocenters. The topological polar surface area (TPSA) is 51.2 Å². The molecule has 2 aromatic rings. The van der Waals surface area contributed by atoms with Crippen LogP contribution in [0.15, 0.2) is 36.5 Å². The van der Waals surface area contributed by atoms with Gasteiger partial charge in [0.1, 0.15) is 5.75 Å². The number of hydrogen-bond donors (Lipinski definition) is 1. The van der Waals surface area contributed by atoms with Crippen molar-refractivity contribution in [2.75, 3.05) is 6.61 Å². The van der Waals surface area contributed by atoms with Gasteiger partial charge in [-0.15, -0.1) is 0 Å². The number of rotatable bonds is 5. The summed E-state index contributed by atoms with van der Waals surface area (Å²) in [6.07, 6.45) is -3.22. The molecular formula is C17H16ClF3N2O2. The summed E-state index contributed by atoms with van der Waals surface area (Å²) in [7, 11) is 0. The zero-order valence-corrected chi connectivity index (χ0v) is 14.3. The zero-order valence-electron chi connectivity index (χ0n) is 13.5. The Kier molecular flexibility index (Phi) is 5.89. The molecule has 0 radical (unpaired) electrons. The summed E-state index contributed by atoms with van der Waals surface area (Å²) in [6, 6.07) is 7.40. The van der Waals surface area contributed by atoms with Gasteiger partial charge in [0.05, 0.1) is 17.9 Å². The summed E-state index contributed by atoms with van der Waals surface area (Å²) in [5.74, 6) is -0.321. The first kappa shape index (κ1) is 19.1. The van der Waals surface area contributed by atoms with Gasteiger partial charge in [-0.3, -0.25) is 9.78 Å². The highest BCUT2D eigenvalue weighted by Crippen LogP contribution is 2.20. The van der Waals surface area contributed by atoms with Crippen molar-refractivity contribution in [1.29, 1.82) is 0 Å². The van der Waals surface area contributed by atoms with Crippen molar-refractivity contribution >= 4 is 17.5 Å². The van der Waals surface area contributed by atoms with Crippen LogP contribution in [0.1, 0.15) is 34.6 Å². The van der Waals surface area contributed by atoms with Crippen LogP contribution in [0, 0.1) is 6.92 Å². The van der Waals surface area contributed by atoms with Gasteiger partial charge < -0.3 is 10.1 Å². The van der Waals surface area contributed by atoms with E-state index in [-0.39, 0.29) is 11.7 Å². The van der Waals surface area contributed by atoms with E-state index in [0.29, 0.717) is 16.3 Å². The number of alkyl halides is 3. The first-order chi connectivity index (χ1) is 11.7. The van der Waals surface area contributed by atoms with Crippen LogP contribution in [0.25, 0.3) is 0 Å². The predicted molar refractivity (Wildman–Crippen MR) is 87.9 cm³/mol. The molecule has 1 aromatic carbocycles. The van der Waals surface area contributed by atoms with Gasteiger partial charge >= 0.3 is 6.18 Å². The Labute approximate surface area is 148 Å².